The number of ether oxygens (including phenoxy) is 1. The third-order valence-corrected chi connectivity index (χ3v) is 5.26. The van der Waals surface area contributed by atoms with Gasteiger partial charge in [-0.3, -0.25) is 4.79 Å². The van der Waals surface area contributed by atoms with Crippen LogP contribution in [-0.4, -0.2) is 5.91 Å². The number of hydrogen-bond donors (Lipinski definition) is 1. The SMILES string of the molecule is C[C@@H](NC(=O)/C(C#N)=C\c1ccccc1OCc1ccc(I)cc1)c1ccccc1. The molecule has 3 aromatic rings. The van der Waals surface area contributed by atoms with Gasteiger partial charge in [-0.2, -0.15) is 5.26 Å². The van der Waals surface area contributed by atoms with Gasteiger partial charge in [0.2, 0.25) is 0 Å². The molecule has 0 spiro atoms. The van der Waals surface area contributed by atoms with Crippen LogP contribution in [0.5, 0.6) is 5.75 Å². The van der Waals surface area contributed by atoms with E-state index in [1.165, 1.54) is 0 Å². The molecule has 1 amide bonds. The van der Waals surface area contributed by atoms with Crippen molar-refractivity contribution in [1.29, 1.82) is 5.26 Å². The molecular formula is C25H21IN2O2. The fourth-order valence-corrected chi connectivity index (χ4v) is 3.24. The van der Waals surface area contributed by atoms with Gasteiger partial charge in [0, 0.05) is 9.13 Å². The third kappa shape index (κ3) is 5.94. The maximum absolute atomic E-state index is 12.6. The van der Waals surface area contributed by atoms with E-state index in [1.807, 2.05) is 91.9 Å². The number of benzene rings is 3. The van der Waals surface area contributed by atoms with Crippen LogP contribution < -0.4 is 10.1 Å². The van der Waals surface area contributed by atoms with Crippen molar-refractivity contribution < 1.29 is 9.53 Å². The smallest absolute Gasteiger partial charge is 0.262 e. The standard InChI is InChI=1S/C25H21IN2O2/c1-18(20-7-3-2-4-8-20)28-25(29)22(16-27)15-21-9-5-6-10-24(21)30-17-19-11-13-23(26)14-12-19/h2-15,18H,17H2,1H3,(H,28,29)/b22-15-/t18-/m1/s1. The van der Waals surface area contributed by atoms with Gasteiger partial charge in [-0.15, -0.1) is 0 Å². The fraction of sp³-hybridized carbons (Fsp3) is 0.120. The molecule has 0 aromatic heterocycles. The molecule has 0 fully saturated rings. The zero-order chi connectivity index (χ0) is 21.3. The van der Waals surface area contributed by atoms with Gasteiger partial charge in [-0.25, -0.2) is 0 Å². The molecule has 0 unspecified atom stereocenters. The van der Waals surface area contributed by atoms with Crippen LogP contribution in [0.25, 0.3) is 6.08 Å². The van der Waals surface area contributed by atoms with Gasteiger partial charge in [0.1, 0.15) is 24.0 Å². The summed E-state index contributed by atoms with van der Waals surface area (Å²) in [6.07, 6.45) is 1.57. The van der Waals surface area contributed by atoms with Crippen LogP contribution in [0.4, 0.5) is 0 Å². The van der Waals surface area contributed by atoms with E-state index < -0.39 is 5.91 Å². The number of nitrogens with zero attached hydrogens (tertiary/aromatic N) is 1. The summed E-state index contributed by atoms with van der Waals surface area (Å²) in [5.74, 6) is 0.203. The normalized spacial score (nSPS) is 12.0. The van der Waals surface area contributed by atoms with Crippen LogP contribution in [0.3, 0.4) is 0 Å². The number of carbonyl (C=O) groups is 1. The zero-order valence-corrected chi connectivity index (χ0v) is 18.7. The largest absolute Gasteiger partial charge is 0.488 e. The van der Waals surface area contributed by atoms with Gasteiger partial charge in [-0.05, 0) is 64.9 Å². The molecule has 0 heterocycles. The number of rotatable bonds is 7. The molecule has 0 aliphatic carbocycles. The lowest BCUT2D eigenvalue weighted by Gasteiger charge is -2.14. The number of hydrogen-bond acceptors (Lipinski definition) is 3. The predicted molar refractivity (Wildman–Crippen MR) is 127 cm³/mol. The summed E-state index contributed by atoms with van der Waals surface area (Å²) in [7, 11) is 0. The van der Waals surface area contributed by atoms with E-state index in [9.17, 15) is 10.1 Å². The van der Waals surface area contributed by atoms with E-state index in [4.69, 9.17) is 4.74 Å². The molecule has 5 heteroatoms. The van der Waals surface area contributed by atoms with Crippen LogP contribution >= 0.6 is 22.6 Å². The van der Waals surface area contributed by atoms with E-state index >= 15 is 0 Å². The molecule has 0 bridgehead atoms. The summed E-state index contributed by atoms with van der Waals surface area (Å²) in [6, 6.07) is 26.9. The van der Waals surface area contributed by atoms with Gasteiger partial charge in [0.15, 0.2) is 0 Å². The highest BCUT2D eigenvalue weighted by Gasteiger charge is 2.14. The highest BCUT2D eigenvalue weighted by atomic mass is 127. The zero-order valence-electron chi connectivity index (χ0n) is 16.5. The molecule has 3 rings (SSSR count). The van der Waals surface area contributed by atoms with Crippen molar-refractivity contribution in [3.05, 3.63) is 105 Å². The minimum atomic E-state index is -0.415. The first kappa shape index (κ1) is 21.6. The lowest BCUT2D eigenvalue weighted by atomic mass is 10.1. The Kier molecular flexibility index (Phi) is 7.63. The lowest BCUT2D eigenvalue weighted by Crippen LogP contribution is -2.27. The fourth-order valence-electron chi connectivity index (χ4n) is 2.88. The van der Waals surface area contributed by atoms with Gasteiger partial charge in [-0.1, -0.05) is 60.7 Å². The molecule has 150 valence electrons. The van der Waals surface area contributed by atoms with Crippen LogP contribution in [0, 0.1) is 14.9 Å². The second-order valence-electron chi connectivity index (χ2n) is 6.73. The Hall–Kier alpha value is -3.11. The van der Waals surface area contributed by atoms with E-state index in [-0.39, 0.29) is 11.6 Å². The Morgan fingerprint density at radius 3 is 2.43 bits per heavy atom. The Labute approximate surface area is 190 Å². The van der Waals surface area contributed by atoms with E-state index in [2.05, 4.69) is 27.9 Å². The highest BCUT2D eigenvalue weighted by Crippen LogP contribution is 2.23. The molecule has 0 radical (unpaired) electrons. The minimum absolute atomic E-state index is 0.0306. The van der Waals surface area contributed by atoms with E-state index in [0.717, 1.165) is 14.7 Å². The summed E-state index contributed by atoms with van der Waals surface area (Å²) in [5, 5.41) is 12.4. The molecule has 0 aliphatic heterocycles. The van der Waals surface area contributed by atoms with Crippen molar-refractivity contribution in [2.75, 3.05) is 0 Å². The molecule has 3 aromatic carbocycles. The first-order chi connectivity index (χ1) is 14.6. The molecule has 0 saturated carbocycles. The van der Waals surface area contributed by atoms with Gasteiger partial charge in [0.05, 0.1) is 6.04 Å². The molecular weight excluding hydrogens is 487 g/mol. The number of carbonyl (C=O) groups excluding carboxylic acids is 1. The number of amides is 1. The van der Waals surface area contributed by atoms with Crippen molar-refractivity contribution in [2.45, 2.75) is 19.6 Å². The van der Waals surface area contributed by atoms with E-state index in [0.29, 0.717) is 17.9 Å². The average Bonchev–Trinajstić information content (AvgIpc) is 2.78. The second kappa shape index (κ2) is 10.6. The third-order valence-electron chi connectivity index (χ3n) is 4.54. The van der Waals surface area contributed by atoms with Gasteiger partial charge >= 0.3 is 0 Å². The van der Waals surface area contributed by atoms with Crippen molar-refractivity contribution in [3.63, 3.8) is 0 Å². The van der Waals surface area contributed by atoms with Crippen LogP contribution in [0.15, 0.2) is 84.4 Å². The first-order valence-electron chi connectivity index (χ1n) is 9.50. The molecule has 0 saturated heterocycles. The Morgan fingerprint density at radius 1 is 1.07 bits per heavy atom. The Bertz CT molecular complexity index is 1070. The maximum atomic E-state index is 12.6. The van der Waals surface area contributed by atoms with Crippen LogP contribution in [-0.2, 0) is 11.4 Å². The monoisotopic (exact) mass is 508 g/mol. The van der Waals surface area contributed by atoms with Crippen molar-refractivity contribution in [2.24, 2.45) is 0 Å². The molecule has 4 nitrogen and oxygen atoms in total. The minimum Gasteiger partial charge on any atom is -0.488 e. The van der Waals surface area contributed by atoms with Crippen molar-refractivity contribution >= 4 is 34.6 Å². The Balaban J connectivity index is 1.74. The number of nitriles is 1. The van der Waals surface area contributed by atoms with Crippen molar-refractivity contribution in [3.8, 4) is 11.8 Å². The molecule has 1 atom stereocenters. The molecule has 30 heavy (non-hydrogen) atoms. The van der Waals surface area contributed by atoms with Gasteiger partial charge in [0.25, 0.3) is 5.91 Å². The summed E-state index contributed by atoms with van der Waals surface area (Å²) < 4.78 is 7.11. The Morgan fingerprint density at radius 2 is 1.73 bits per heavy atom. The quantitative estimate of drug-likeness (QED) is 0.255. The van der Waals surface area contributed by atoms with E-state index in [1.54, 1.807) is 6.08 Å². The highest BCUT2D eigenvalue weighted by molar-refractivity contribution is 14.1. The number of para-hydroxylation sites is 1. The maximum Gasteiger partial charge on any atom is 0.262 e. The van der Waals surface area contributed by atoms with Crippen LogP contribution in [0.1, 0.15) is 29.7 Å². The summed E-state index contributed by atoms with van der Waals surface area (Å²) >= 11 is 2.26. The summed E-state index contributed by atoms with van der Waals surface area (Å²) in [5.41, 5.74) is 2.73. The second-order valence-corrected chi connectivity index (χ2v) is 7.97. The predicted octanol–water partition coefficient (Wildman–Crippen LogP) is 5.65. The average molecular weight is 508 g/mol. The lowest BCUT2D eigenvalue weighted by molar-refractivity contribution is -0.117. The van der Waals surface area contributed by atoms with Crippen molar-refractivity contribution in [1.82, 2.24) is 5.32 Å². The summed E-state index contributed by atoms with van der Waals surface area (Å²) in [4.78, 5) is 12.6. The first-order valence-corrected chi connectivity index (χ1v) is 10.6. The number of nitrogens with one attached hydrogen (secondary N) is 1. The number of halogens is 1. The molecule has 0 aliphatic rings. The van der Waals surface area contributed by atoms with Crippen LogP contribution in [0.2, 0.25) is 0 Å². The summed E-state index contributed by atoms with van der Waals surface area (Å²) in [6.45, 7) is 2.29. The topological polar surface area (TPSA) is 62.1 Å². The molecule has 1 N–H and O–H groups in total. The van der Waals surface area contributed by atoms with Gasteiger partial charge < -0.3 is 10.1 Å².